The van der Waals surface area contributed by atoms with Crippen molar-refractivity contribution in [2.45, 2.75) is 33.7 Å². The maximum atomic E-state index is 12.6. The monoisotopic (exact) mass is 373 g/mol. The van der Waals surface area contributed by atoms with E-state index in [4.69, 9.17) is 4.74 Å². The van der Waals surface area contributed by atoms with E-state index in [-0.39, 0.29) is 11.9 Å². The Hall–Kier alpha value is -2.18. The van der Waals surface area contributed by atoms with E-state index in [2.05, 4.69) is 12.2 Å². The molecule has 1 atom stereocenters. The standard InChI is InChI=1S/C20H24N2O3S/c1-4-22-11-10-15-16(12-22)26-19(17(15)20(24)25-5-2)21-18(23)14-8-6-13(3)7-9-14/h6-9H,4-5,10-12H2,1-3H3,(H,21,23)/p+1. The van der Waals surface area contributed by atoms with Crippen LogP contribution in [0.2, 0.25) is 0 Å². The van der Waals surface area contributed by atoms with Crippen LogP contribution in [0.3, 0.4) is 0 Å². The molecule has 1 unspecified atom stereocenters. The number of rotatable bonds is 5. The average molecular weight is 373 g/mol. The predicted molar refractivity (Wildman–Crippen MR) is 103 cm³/mol. The number of likely N-dealkylation sites (N-methyl/N-ethyl adjacent to an activating group) is 1. The molecule has 2 aromatic rings. The van der Waals surface area contributed by atoms with E-state index in [1.54, 1.807) is 19.1 Å². The van der Waals surface area contributed by atoms with Gasteiger partial charge in [-0.1, -0.05) is 17.7 Å². The van der Waals surface area contributed by atoms with Crippen molar-refractivity contribution in [1.29, 1.82) is 0 Å². The Bertz CT molecular complexity index is 811. The summed E-state index contributed by atoms with van der Waals surface area (Å²) in [5.41, 5.74) is 3.27. The van der Waals surface area contributed by atoms with Crippen LogP contribution < -0.4 is 10.2 Å². The van der Waals surface area contributed by atoms with E-state index < -0.39 is 0 Å². The summed E-state index contributed by atoms with van der Waals surface area (Å²) >= 11 is 1.51. The molecular weight excluding hydrogens is 348 g/mol. The second-order valence-corrected chi connectivity index (χ2v) is 7.63. The number of carbonyl (C=O) groups excluding carboxylic acids is 2. The van der Waals surface area contributed by atoms with Gasteiger partial charge >= 0.3 is 5.97 Å². The maximum Gasteiger partial charge on any atom is 0.341 e. The number of quaternary nitrogens is 1. The van der Waals surface area contributed by atoms with Crippen LogP contribution >= 0.6 is 11.3 Å². The van der Waals surface area contributed by atoms with Gasteiger partial charge in [-0.15, -0.1) is 11.3 Å². The number of aryl methyl sites for hydroxylation is 1. The molecule has 0 spiro atoms. The average Bonchev–Trinajstić information content (AvgIpc) is 2.99. The van der Waals surface area contributed by atoms with Crippen molar-refractivity contribution in [2.75, 3.05) is 25.0 Å². The molecule has 3 rings (SSSR count). The molecule has 1 aliphatic rings. The highest BCUT2D eigenvalue weighted by molar-refractivity contribution is 7.17. The molecule has 2 N–H and O–H groups in total. The number of amides is 1. The molecule has 138 valence electrons. The van der Waals surface area contributed by atoms with Crippen LogP contribution in [0.1, 0.15) is 50.6 Å². The van der Waals surface area contributed by atoms with Gasteiger partial charge < -0.3 is 15.0 Å². The number of hydrogen-bond acceptors (Lipinski definition) is 4. The SMILES string of the molecule is CCOC(=O)c1c(NC(=O)c2ccc(C)cc2)sc2c1CC[NH+](CC)C2. The first kappa shape index (κ1) is 18.6. The minimum atomic E-state index is -0.343. The van der Waals surface area contributed by atoms with Gasteiger partial charge in [0.05, 0.1) is 30.1 Å². The predicted octanol–water partition coefficient (Wildman–Crippen LogP) is 2.45. The molecule has 1 aromatic heterocycles. The van der Waals surface area contributed by atoms with E-state index in [1.807, 2.05) is 19.1 Å². The highest BCUT2D eigenvalue weighted by Crippen LogP contribution is 2.35. The number of nitrogens with one attached hydrogen (secondary N) is 2. The van der Waals surface area contributed by atoms with Gasteiger partial charge in [0.2, 0.25) is 0 Å². The van der Waals surface area contributed by atoms with E-state index in [0.29, 0.717) is 22.7 Å². The largest absolute Gasteiger partial charge is 0.462 e. The number of hydrogen-bond donors (Lipinski definition) is 2. The molecule has 2 heterocycles. The first-order valence-electron chi connectivity index (χ1n) is 9.06. The molecule has 0 aliphatic carbocycles. The van der Waals surface area contributed by atoms with Crippen molar-refractivity contribution in [3.05, 3.63) is 51.4 Å². The third-order valence-electron chi connectivity index (χ3n) is 4.75. The topological polar surface area (TPSA) is 59.8 Å². The quantitative estimate of drug-likeness (QED) is 0.792. The zero-order valence-corrected chi connectivity index (χ0v) is 16.3. The number of fused-ring (bicyclic) bond motifs is 1. The van der Waals surface area contributed by atoms with Crippen molar-refractivity contribution in [3.8, 4) is 0 Å². The van der Waals surface area contributed by atoms with Crippen LogP contribution in [0.4, 0.5) is 5.00 Å². The van der Waals surface area contributed by atoms with Gasteiger partial charge in [-0.05, 0) is 38.5 Å². The van der Waals surface area contributed by atoms with Gasteiger partial charge in [0, 0.05) is 12.0 Å². The van der Waals surface area contributed by atoms with Crippen LogP contribution in [0.15, 0.2) is 24.3 Å². The normalized spacial score (nSPS) is 16.0. The number of esters is 1. The Morgan fingerprint density at radius 1 is 1.23 bits per heavy atom. The molecule has 1 aromatic carbocycles. The van der Waals surface area contributed by atoms with Crippen molar-refractivity contribution in [2.24, 2.45) is 0 Å². The van der Waals surface area contributed by atoms with E-state index in [9.17, 15) is 9.59 Å². The Labute approximate surface area is 158 Å². The zero-order valence-electron chi connectivity index (χ0n) is 15.5. The summed E-state index contributed by atoms with van der Waals surface area (Å²) in [4.78, 5) is 27.8. The first-order chi connectivity index (χ1) is 12.5. The number of ether oxygens (including phenoxy) is 1. The summed E-state index contributed by atoms with van der Waals surface area (Å²) in [5, 5.41) is 3.55. The Morgan fingerprint density at radius 3 is 2.62 bits per heavy atom. The molecule has 0 radical (unpaired) electrons. The maximum absolute atomic E-state index is 12.6. The third-order valence-corrected chi connectivity index (χ3v) is 5.90. The summed E-state index contributed by atoms with van der Waals surface area (Å²) in [6, 6.07) is 7.41. The van der Waals surface area contributed by atoms with Gasteiger partial charge in [-0.25, -0.2) is 4.79 Å². The second-order valence-electron chi connectivity index (χ2n) is 6.53. The van der Waals surface area contributed by atoms with Gasteiger partial charge in [-0.3, -0.25) is 4.79 Å². The molecule has 5 nitrogen and oxygen atoms in total. The molecule has 1 amide bonds. The van der Waals surface area contributed by atoms with Crippen molar-refractivity contribution < 1.29 is 19.2 Å². The highest BCUT2D eigenvalue weighted by Gasteiger charge is 2.30. The van der Waals surface area contributed by atoms with Crippen molar-refractivity contribution >= 4 is 28.2 Å². The number of anilines is 1. The first-order valence-corrected chi connectivity index (χ1v) is 9.88. The lowest BCUT2D eigenvalue weighted by molar-refractivity contribution is -0.913. The van der Waals surface area contributed by atoms with Crippen LogP contribution in [-0.4, -0.2) is 31.6 Å². The molecule has 0 saturated heterocycles. The van der Waals surface area contributed by atoms with Gasteiger partial charge in [0.1, 0.15) is 11.5 Å². The third kappa shape index (κ3) is 3.81. The fourth-order valence-corrected chi connectivity index (χ4v) is 4.53. The van der Waals surface area contributed by atoms with Crippen LogP contribution in [0.5, 0.6) is 0 Å². The number of benzene rings is 1. The lowest BCUT2D eigenvalue weighted by Crippen LogP contribution is -3.11. The molecule has 26 heavy (non-hydrogen) atoms. The summed E-state index contributed by atoms with van der Waals surface area (Å²) in [6.45, 7) is 9.21. The smallest absolute Gasteiger partial charge is 0.341 e. The molecule has 6 heteroatoms. The minimum absolute atomic E-state index is 0.200. The zero-order chi connectivity index (χ0) is 18.7. The van der Waals surface area contributed by atoms with E-state index in [0.717, 1.165) is 37.2 Å². The summed E-state index contributed by atoms with van der Waals surface area (Å²) in [6.07, 6.45) is 0.837. The van der Waals surface area contributed by atoms with E-state index in [1.165, 1.54) is 21.1 Å². The van der Waals surface area contributed by atoms with Crippen LogP contribution in [0, 0.1) is 6.92 Å². The minimum Gasteiger partial charge on any atom is -0.462 e. The summed E-state index contributed by atoms with van der Waals surface area (Å²) in [7, 11) is 0. The molecular formula is C20H25N2O3S+. The highest BCUT2D eigenvalue weighted by atomic mass is 32.1. The Balaban J connectivity index is 1.92. The summed E-state index contributed by atoms with van der Waals surface area (Å²) < 4.78 is 5.26. The Morgan fingerprint density at radius 2 is 1.96 bits per heavy atom. The fraction of sp³-hybridized carbons (Fsp3) is 0.400. The second kappa shape index (κ2) is 8.01. The van der Waals surface area contributed by atoms with Crippen molar-refractivity contribution in [1.82, 2.24) is 0 Å². The van der Waals surface area contributed by atoms with Crippen LogP contribution in [-0.2, 0) is 17.7 Å². The van der Waals surface area contributed by atoms with Gasteiger partial charge in [0.25, 0.3) is 5.91 Å². The summed E-state index contributed by atoms with van der Waals surface area (Å²) in [5.74, 6) is -0.544. The van der Waals surface area contributed by atoms with Crippen LogP contribution in [0.25, 0.3) is 0 Å². The number of thiophene rings is 1. The lowest BCUT2D eigenvalue weighted by atomic mass is 10.0. The van der Waals surface area contributed by atoms with Gasteiger partial charge in [-0.2, -0.15) is 0 Å². The molecule has 0 bridgehead atoms. The Kier molecular flexibility index (Phi) is 5.74. The van der Waals surface area contributed by atoms with E-state index >= 15 is 0 Å². The molecule has 0 fully saturated rings. The molecule has 1 aliphatic heterocycles. The van der Waals surface area contributed by atoms with Gasteiger partial charge in [0.15, 0.2) is 0 Å². The fourth-order valence-electron chi connectivity index (χ4n) is 3.23. The molecule has 0 saturated carbocycles. The van der Waals surface area contributed by atoms with Crippen molar-refractivity contribution in [3.63, 3.8) is 0 Å². The lowest BCUT2D eigenvalue weighted by Gasteiger charge is -2.22. The number of carbonyl (C=O) groups is 2.